The molecule has 0 atom stereocenters. The normalized spacial score (nSPS) is 26.6. The Labute approximate surface area is 163 Å². The molecule has 3 rings (SSSR count). The van der Waals surface area contributed by atoms with Crippen molar-refractivity contribution in [2.75, 3.05) is 20.1 Å². The van der Waals surface area contributed by atoms with E-state index in [9.17, 15) is 9.18 Å². The highest BCUT2D eigenvalue weighted by Gasteiger charge is 2.45. The maximum absolute atomic E-state index is 14.5. The van der Waals surface area contributed by atoms with Crippen LogP contribution in [-0.2, 0) is 10.2 Å². The summed E-state index contributed by atoms with van der Waals surface area (Å²) in [7, 11) is 1.66. The molecule has 1 saturated heterocycles. The molecule has 1 aliphatic carbocycles. The lowest BCUT2D eigenvalue weighted by Gasteiger charge is -2.46. The van der Waals surface area contributed by atoms with Crippen molar-refractivity contribution in [3.8, 4) is 0 Å². The molecule has 1 heterocycles. The van der Waals surface area contributed by atoms with E-state index in [2.05, 4.69) is 31.0 Å². The lowest BCUT2D eigenvalue weighted by Crippen LogP contribution is -2.54. The second-order valence-electron chi connectivity index (χ2n) is 9.55. The topological polar surface area (TPSA) is 32.3 Å². The molecular weight excluding hydrogens is 339 g/mol. The third kappa shape index (κ3) is 4.06. The Hall–Kier alpha value is -1.42. The molecule has 0 unspecified atom stereocenters. The number of likely N-dealkylation sites (N-methyl/N-ethyl adjacent to an activating group) is 1. The maximum atomic E-state index is 14.5. The molecule has 0 bridgehead atoms. The smallest absolute Gasteiger partial charge is 0.230 e. The maximum Gasteiger partial charge on any atom is 0.230 e. The Morgan fingerprint density at radius 3 is 2.22 bits per heavy atom. The zero-order valence-electron chi connectivity index (χ0n) is 17.4. The second-order valence-corrected chi connectivity index (χ2v) is 9.55. The minimum atomic E-state index is -0.737. The van der Waals surface area contributed by atoms with Crippen molar-refractivity contribution in [2.24, 2.45) is 11.3 Å². The number of piperidine rings is 1. The van der Waals surface area contributed by atoms with Gasteiger partial charge in [0.25, 0.3) is 0 Å². The summed E-state index contributed by atoms with van der Waals surface area (Å²) in [5.74, 6) is 0.492. The summed E-state index contributed by atoms with van der Waals surface area (Å²) in [6.07, 6.45) is 6.44. The van der Waals surface area contributed by atoms with E-state index in [1.165, 1.54) is 31.7 Å². The quantitative estimate of drug-likeness (QED) is 0.844. The number of amides is 1. The van der Waals surface area contributed by atoms with Gasteiger partial charge in [0.1, 0.15) is 5.82 Å². The fourth-order valence-electron chi connectivity index (χ4n) is 5.29. The summed E-state index contributed by atoms with van der Waals surface area (Å²) in [6.45, 7) is 8.79. The summed E-state index contributed by atoms with van der Waals surface area (Å²) in [5.41, 5.74) is 0.214. The van der Waals surface area contributed by atoms with Crippen molar-refractivity contribution in [3.63, 3.8) is 0 Å². The van der Waals surface area contributed by atoms with Gasteiger partial charge in [-0.3, -0.25) is 4.79 Å². The lowest BCUT2D eigenvalue weighted by molar-refractivity contribution is -0.128. The van der Waals surface area contributed by atoms with Gasteiger partial charge in [-0.2, -0.15) is 0 Å². The van der Waals surface area contributed by atoms with Gasteiger partial charge in [0.05, 0.1) is 5.41 Å². The van der Waals surface area contributed by atoms with Gasteiger partial charge >= 0.3 is 0 Å². The highest BCUT2D eigenvalue weighted by Crippen LogP contribution is 2.42. The number of benzene rings is 1. The van der Waals surface area contributed by atoms with E-state index in [1.807, 2.05) is 6.07 Å². The number of rotatable bonds is 3. The molecule has 1 amide bonds. The lowest BCUT2D eigenvalue weighted by atomic mass is 9.69. The Bertz CT molecular complexity index is 651. The molecule has 1 N–H and O–H groups in total. The van der Waals surface area contributed by atoms with Gasteiger partial charge < -0.3 is 10.2 Å². The van der Waals surface area contributed by atoms with Crippen molar-refractivity contribution in [2.45, 2.75) is 70.8 Å². The number of carbonyl (C=O) groups excluding carboxylic acids is 1. The van der Waals surface area contributed by atoms with Crippen LogP contribution < -0.4 is 5.32 Å². The first-order chi connectivity index (χ1) is 12.8. The van der Waals surface area contributed by atoms with Crippen LogP contribution in [0, 0.1) is 17.2 Å². The van der Waals surface area contributed by atoms with Crippen LogP contribution in [0.2, 0.25) is 0 Å². The summed E-state index contributed by atoms with van der Waals surface area (Å²) in [4.78, 5) is 15.3. The second kappa shape index (κ2) is 7.90. The first-order valence-corrected chi connectivity index (χ1v) is 10.5. The Kier molecular flexibility index (Phi) is 5.95. The SMILES string of the molecule is CNC(=O)C1(c2ccccc2F)CCN(C2CCC(C(C)(C)C)CC2)CC1. The molecule has 1 aromatic carbocycles. The van der Waals surface area contributed by atoms with E-state index >= 15 is 0 Å². The molecule has 0 radical (unpaired) electrons. The number of nitrogens with zero attached hydrogens (tertiary/aromatic N) is 1. The largest absolute Gasteiger partial charge is 0.358 e. The summed E-state index contributed by atoms with van der Waals surface area (Å²) in [6, 6.07) is 7.41. The molecular formula is C23H35FN2O. The highest BCUT2D eigenvalue weighted by atomic mass is 19.1. The van der Waals surface area contributed by atoms with Crippen LogP contribution in [0.15, 0.2) is 24.3 Å². The number of carbonyl (C=O) groups is 1. The van der Waals surface area contributed by atoms with E-state index in [0.29, 0.717) is 29.9 Å². The molecule has 1 aliphatic heterocycles. The number of likely N-dealkylation sites (tertiary alicyclic amines) is 1. The molecule has 27 heavy (non-hydrogen) atoms. The molecule has 0 spiro atoms. The number of nitrogens with one attached hydrogen (secondary N) is 1. The Morgan fingerprint density at radius 1 is 1.11 bits per heavy atom. The van der Waals surface area contributed by atoms with Crippen molar-refractivity contribution in [3.05, 3.63) is 35.6 Å². The van der Waals surface area contributed by atoms with Crippen molar-refractivity contribution in [1.82, 2.24) is 10.2 Å². The van der Waals surface area contributed by atoms with Crippen LogP contribution in [-0.4, -0.2) is 37.0 Å². The van der Waals surface area contributed by atoms with Crippen molar-refractivity contribution in [1.29, 1.82) is 0 Å². The van der Waals surface area contributed by atoms with Gasteiger partial charge in [-0.25, -0.2) is 4.39 Å². The molecule has 150 valence electrons. The van der Waals surface area contributed by atoms with Gasteiger partial charge in [0.15, 0.2) is 0 Å². The molecule has 2 aliphatic rings. The highest BCUT2D eigenvalue weighted by molar-refractivity contribution is 5.88. The fourth-order valence-corrected chi connectivity index (χ4v) is 5.29. The minimum absolute atomic E-state index is 0.0521. The minimum Gasteiger partial charge on any atom is -0.358 e. The third-order valence-corrected chi connectivity index (χ3v) is 7.14. The van der Waals surface area contributed by atoms with Crippen LogP contribution in [0.3, 0.4) is 0 Å². The number of hydrogen-bond donors (Lipinski definition) is 1. The molecule has 2 fully saturated rings. The van der Waals surface area contributed by atoms with Crippen molar-refractivity contribution >= 4 is 5.91 Å². The van der Waals surface area contributed by atoms with E-state index in [1.54, 1.807) is 19.2 Å². The predicted octanol–water partition coefficient (Wildman–Crippen LogP) is 4.51. The Balaban J connectivity index is 1.69. The molecule has 1 aromatic rings. The van der Waals surface area contributed by atoms with Gasteiger partial charge in [0, 0.05) is 18.7 Å². The van der Waals surface area contributed by atoms with Gasteiger partial charge in [0.2, 0.25) is 5.91 Å². The van der Waals surface area contributed by atoms with E-state index in [0.717, 1.165) is 19.0 Å². The van der Waals surface area contributed by atoms with Gasteiger partial charge in [-0.15, -0.1) is 0 Å². The van der Waals surface area contributed by atoms with Gasteiger partial charge in [-0.05, 0) is 69.0 Å². The van der Waals surface area contributed by atoms with Crippen LogP contribution in [0.1, 0.15) is 64.9 Å². The van der Waals surface area contributed by atoms with Gasteiger partial charge in [-0.1, -0.05) is 39.0 Å². The van der Waals surface area contributed by atoms with E-state index in [4.69, 9.17) is 0 Å². The van der Waals surface area contributed by atoms with Crippen LogP contribution >= 0.6 is 0 Å². The average Bonchev–Trinajstić information content (AvgIpc) is 2.67. The summed E-state index contributed by atoms with van der Waals surface area (Å²) >= 11 is 0. The number of halogens is 1. The Morgan fingerprint density at radius 2 is 1.70 bits per heavy atom. The van der Waals surface area contributed by atoms with E-state index < -0.39 is 5.41 Å². The molecule has 0 aromatic heterocycles. The summed E-state index contributed by atoms with van der Waals surface area (Å²) < 4.78 is 14.5. The first kappa shape index (κ1) is 20.3. The predicted molar refractivity (Wildman–Crippen MR) is 108 cm³/mol. The van der Waals surface area contributed by atoms with Crippen LogP contribution in [0.5, 0.6) is 0 Å². The van der Waals surface area contributed by atoms with Crippen LogP contribution in [0.4, 0.5) is 4.39 Å². The molecule has 1 saturated carbocycles. The van der Waals surface area contributed by atoms with E-state index in [-0.39, 0.29) is 11.7 Å². The fraction of sp³-hybridized carbons (Fsp3) is 0.696. The van der Waals surface area contributed by atoms with Crippen LogP contribution in [0.25, 0.3) is 0 Å². The average molecular weight is 375 g/mol. The molecule has 3 nitrogen and oxygen atoms in total. The number of hydrogen-bond acceptors (Lipinski definition) is 2. The summed E-state index contributed by atoms with van der Waals surface area (Å²) in [5, 5.41) is 2.79. The first-order valence-electron chi connectivity index (χ1n) is 10.5. The zero-order valence-corrected chi connectivity index (χ0v) is 17.4. The van der Waals surface area contributed by atoms with Crippen molar-refractivity contribution < 1.29 is 9.18 Å². The standard InChI is InChI=1S/C23H35FN2O/c1-22(2,3)17-9-11-18(12-10-17)26-15-13-23(14-16-26,21(27)25-4)19-7-5-6-8-20(19)24/h5-8,17-18H,9-16H2,1-4H3,(H,25,27). The molecule has 4 heteroatoms. The zero-order chi connectivity index (χ0) is 19.7. The third-order valence-electron chi connectivity index (χ3n) is 7.14. The monoisotopic (exact) mass is 374 g/mol.